The van der Waals surface area contributed by atoms with Gasteiger partial charge in [0.05, 0.1) is 12.8 Å². The fourth-order valence-corrected chi connectivity index (χ4v) is 1.61. The topological polar surface area (TPSA) is 39.1 Å². The van der Waals surface area contributed by atoms with Gasteiger partial charge in [0.25, 0.3) is 0 Å². The number of aromatic nitrogens is 2. The van der Waals surface area contributed by atoms with E-state index in [1.807, 2.05) is 13.1 Å². The molecular formula is C12H19F4N3O. The number of rotatable bonds is 9. The Morgan fingerprint density at radius 3 is 2.65 bits per heavy atom. The second-order valence-corrected chi connectivity index (χ2v) is 4.47. The molecule has 1 unspecified atom stereocenters. The molecule has 0 saturated heterocycles. The molecule has 1 heterocycles. The predicted molar refractivity (Wildman–Crippen MR) is 66.2 cm³/mol. The van der Waals surface area contributed by atoms with Gasteiger partial charge in [-0.05, 0) is 26.0 Å². The van der Waals surface area contributed by atoms with E-state index < -0.39 is 19.0 Å². The van der Waals surface area contributed by atoms with Crippen molar-refractivity contribution in [1.29, 1.82) is 0 Å². The second kappa shape index (κ2) is 7.58. The average Bonchev–Trinajstić information content (AvgIpc) is 2.84. The van der Waals surface area contributed by atoms with Gasteiger partial charge in [-0.3, -0.25) is 4.68 Å². The average molecular weight is 297 g/mol. The third-order valence-electron chi connectivity index (χ3n) is 2.83. The molecule has 0 aliphatic carbocycles. The second-order valence-electron chi connectivity index (χ2n) is 4.47. The molecule has 0 saturated carbocycles. The molecular weight excluding hydrogens is 278 g/mol. The maximum Gasteiger partial charge on any atom is 0.330 e. The van der Waals surface area contributed by atoms with Gasteiger partial charge in [0.2, 0.25) is 0 Å². The van der Waals surface area contributed by atoms with Crippen molar-refractivity contribution in [2.75, 3.05) is 20.3 Å². The Morgan fingerprint density at radius 2 is 2.15 bits per heavy atom. The van der Waals surface area contributed by atoms with Gasteiger partial charge < -0.3 is 10.1 Å². The van der Waals surface area contributed by atoms with E-state index in [1.165, 1.54) is 0 Å². The molecule has 0 spiro atoms. The maximum absolute atomic E-state index is 12.7. The monoisotopic (exact) mass is 297 g/mol. The van der Waals surface area contributed by atoms with E-state index in [-0.39, 0.29) is 12.6 Å². The Bertz CT molecular complexity index is 398. The Hall–Kier alpha value is -1.15. The van der Waals surface area contributed by atoms with Crippen molar-refractivity contribution in [2.45, 2.75) is 38.3 Å². The lowest BCUT2D eigenvalue weighted by molar-refractivity contribution is -0.166. The molecule has 1 N–H and O–H groups in total. The molecule has 4 nitrogen and oxygen atoms in total. The summed E-state index contributed by atoms with van der Waals surface area (Å²) in [6.07, 6.45) is 0.342. The normalized spacial score (nSPS) is 13.9. The summed E-state index contributed by atoms with van der Waals surface area (Å²) in [5.74, 6) is -4.11. The fraction of sp³-hybridized carbons (Fsp3) is 0.750. The zero-order chi connectivity index (χ0) is 15.2. The molecule has 8 heteroatoms. The van der Waals surface area contributed by atoms with Gasteiger partial charge in [-0.15, -0.1) is 0 Å². The highest BCUT2D eigenvalue weighted by molar-refractivity contribution is 5.06. The number of hydrogen-bond donors (Lipinski definition) is 1. The summed E-state index contributed by atoms with van der Waals surface area (Å²) in [6, 6.07) is -0.238. The number of likely N-dealkylation sites (N-methyl/N-ethyl adjacent to an activating group) is 1. The predicted octanol–water partition coefficient (Wildman–Crippen LogP) is 1.95. The van der Waals surface area contributed by atoms with Crippen LogP contribution < -0.4 is 5.32 Å². The van der Waals surface area contributed by atoms with Crippen molar-refractivity contribution in [1.82, 2.24) is 15.1 Å². The SMILES string of the molecule is CCn1cc(CC(COCC(F)(F)C(F)F)NC)cn1. The molecule has 1 atom stereocenters. The first kappa shape index (κ1) is 16.9. The summed E-state index contributed by atoms with van der Waals surface area (Å²) in [7, 11) is 1.66. The van der Waals surface area contributed by atoms with E-state index in [4.69, 9.17) is 4.74 Å². The van der Waals surface area contributed by atoms with Gasteiger partial charge in [0.1, 0.15) is 6.61 Å². The van der Waals surface area contributed by atoms with Crippen LogP contribution in [-0.4, -0.2) is 48.4 Å². The van der Waals surface area contributed by atoms with Crippen LogP contribution in [0.3, 0.4) is 0 Å². The van der Waals surface area contributed by atoms with Crippen LogP contribution in [0, 0.1) is 0 Å². The van der Waals surface area contributed by atoms with Gasteiger partial charge in [-0.1, -0.05) is 0 Å². The minimum atomic E-state index is -4.11. The van der Waals surface area contributed by atoms with E-state index in [9.17, 15) is 17.6 Å². The van der Waals surface area contributed by atoms with E-state index in [1.54, 1.807) is 17.9 Å². The van der Waals surface area contributed by atoms with Crippen LogP contribution in [0.25, 0.3) is 0 Å². The first-order valence-corrected chi connectivity index (χ1v) is 6.31. The van der Waals surface area contributed by atoms with Crippen molar-refractivity contribution in [3.63, 3.8) is 0 Å². The summed E-state index contributed by atoms with van der Waals surface area (Å²) >= 11 is 0. The molecule has 0 bridgehead atoms. The number of ether oxygens (including phenoxy) is 1. The zero-order valence-corrected chi connectivity index (χ0v) is 11.5. The summed E-state index contributed by atoms with van der Waals surface area (Å²) in [5, 5.41) is 6.99. The van der Waals surface area contributed by atoms with Crippen LogP contribution in [0.1, 0.15) is 12.5 Å². The van der Waals surface area contributed by atoms with Crippen molar-refractivity contribution in [3.05, 3.63) is 18.0 Å². The smallest absolute Gasteiger partial charge is 0.330 e. The number of nitrogens with one attached hydrogen (secondary N) is 1. The molecule has 1 aromatic rings. The Labute approximate surface area is 115 Å². The molecule has 1 aromatic heterocycles. The quantitative estimate of drug-likeness (QED) is 0.708. The van der Waals surface area contributed by atoms with Crippen LogP contribution >= 0.6 is 0 Å². The van der Waals surface area contributed by atoms with Gasteiger partial charge in [-0.2, -0.15) is 13.9 Å². The van der Waals surface area contributed by atoms with Gasteiger partial charge in [0, 0.05) is 18.8 Å². The lowest BCUT2D eigenvalue weighted by Crippen LogP contribution is -2.37. The summed E-state index contributed by atoms with van der Waals surface area (Å²) in [5.41, 5.74) is 0.926. The third kappa shape index (κ3) is 5.09. The van der Waals surface area contributed by atoms with Crippen LogP contribution in [0.2, 0.25) is 0 Å². The molecule has 0 aliphatic heterocycles. The Morgan fingerprint density at radius 1 is 1.45 bits per heavy atom. The van der Waals surface area contributed by atoms with E-state index >= 15 is 0 Å². The number of aryl methyl sites for hydroxylation is 1. The van der Waals surface area contributed by atoms with E-state index in [0.29, 0.717) is 6.42 Å². The Balaban J connectivity index is 2.40. The fourth-order valence-electron chi connectivity index (χ4n) is 1.61. The number of alkyl halides is 4. The van der Waals surface area contributed by atoms with E-state index in [0.717, 1.165) is 12.1 Å². The van der Waals surface area contributed by atoms with Crippen molar-refractivity contribution < 1.29 is 22.3 Å². The molecule has 0 fully saturated rings. The molecule has 0 radical (unpaired) electrons. The minimum absolute atomic E-state index is 0.0733. The third-order valence-corrected chi connectivity index (χ3v) is 2.83. The van der Waals surface area contributed by atoms with Crippen molar-refractivity contribution >= 4 is 0 Å². The first-order chi connectivity index (χ1) is 9.39. The van der Waals surface area contributed by atoms with Crippen LogP contribution in [-0.2, 0) is 17.7 Å². The largest absolute Gasteiger partial charge is 0.373 e. The highest BCUT2D eigenvalue weighted by atomic mass is 19.3. The Kier molecular flexibility index (Phi) is 6.41. The van der Waals surface area contributed by atoms with Gasteiger partial charge >= 0.3 is 12.3 Å². The number of nitrogens with zero attached hydrogens (tertiary/aromatic N) is 2. The molecule has 0 amide bonds. The highest BCUT2D eigenvalue weighted by Crippen LogP contribution is 2.22. The molecule has 1 rings (SSSR count). The number of halogens is 4. The van der Waals surface area contributed by atoms with Crippen LogP contribution in [0.15, 0.2) is 12.4 Å². The first-order valence-electron chi connectivity index (χ1n) is 6.31. The lowest BCUT2D eigenvalue weighted by Gasteiger charge is -2.19. The molecule has 116 valence electrons. The van der Waals surface area contributed by atoms with Crippen molar-refractivity contribution in [3.8, 4) is 0 Å². The molecule has 20 heavy (non-hydrogen) atoms. The molecule has 0 aliphatic rings. The lowest BCUT2D eigenvalue weighted by atomic mass is 10.1. The van der Waals surface area contributed by atoms with Crippen LogP contribution in [0.5, 0.6) is 0 Å². The van der Waals surface area contributed by atoms with Crippen molar-refractivity contribution in [2.24, 2.45) is 0 Å². The summed E-state index contributed by atoms with van der Waals surface area (Å²) in [6.45, 7) is 1.33. The molecule has 0 aromatic carbocycles. The summed E-state index contributed by atoms with van der Waals surface area (Å²) < 4.78 is 55.7. The highest BCUT2D eigenvalue weighted by Gasteiger charge is 2.41. The number of hydrogen-bond acceptors (Lipinski definition) is 3. The van der Waals surface area contributed by atoms with Gasteiger partial charge in [0.15, 0.2) is 0 Å². The maximum atomic E-state index is 12.7. The zero-order valence-electron chi connectivity index (χ0n) is 11.5. The van der Waals surface area contributed by atoms with Crippen LogP contribution in [0.4, 0.5) is 17.6 Å². The van der Waals surface area contributed by atoms with Gasteiger partial charge in [-0.25, -0.2) is 8.78 Å². The summed E-state index contributed by atoms with van der Waals surface area (Å²) in [4.78, 5) is 0. The standard InChI is InChI=1S/C12H19F4N3O/c1-3-19-6-9(5-18-19)4-10(17-2)7-20-8-12(15,16)11(13)14/h5-6,10-11,17H,3-4,7-8H2,1-2H3. The van der Waals surface area contributed by atoms with E-state index in [2.05, 4.69) is 10.4 Å². The minimum Gasteiger partial charge on any atom is -0.373 e.